The maximum absolute atomic E-state index is 11.8. The van der Waals surface area contributed by atoms with E-state index in [4.69, 9.17) is 9.29 Å². The summed E-state index contributed by atoms with van der Waals surface area (Å²) < 4.78 is 70.2. The van der Waals surface area contributed by atoms with Crippen molar-refractivity contribution < 1.29 is 30.7 Å². The summed E-state index contributed by atoms with van der Waals surface area (Å²) in [7, 11) is -8.65. The lowest BCUT2D eigenvalue weighted by Gasteiger charge is -2.11. The number of unbranched alkanes of at least 4 members (excludes halogenated alkanes) is 9. The van der Waals surface area contributed by atoms with E-state index in [0.717, 1.165) is 19.3 Å². The van der Waals surface area contributed by atoms with Crippen molar-refractivity contribution in [3.63, 3.8) is 0 Å². The van der Waals surface area contributed by atoms with Gasteiger partial charge >= 0.3 is 0 Å². The van der Waals surface area contributed by atoms with Crippen LogP contribution in [0.5, 0.6) is 11.5 Å². The zero-order chi connectivity index (χ0) is 24.3. The number of aryl methyl sites for hydroxylation is 1. The molecule has 0 atom stereocenters. The Morgan fingerprint density at radius 2 is 1.18 bits per heavy atom. The third-order valence-electron chi connectivity index (χ3n) is 5.47. The highest BCUT2D eigenvalue weighted by Crippen LogP contribution is 2.28. The zero-order valence-electron chi connectivity index (χ0n) is 19.1. The van der Waals surface area contributed by atoms with Crippen LogP contribution in [0.3, 0.4) is 0 Å². The summed E-state index contributed by atoms with van der Waals surface area (Å²) in [6.07, 6.45) is 12.1. The molecule has 0 saturated carbocycles. The summed E-state index contributed by atoms with van der Waals surface area (Å²) >= 11 is 0. The smallest absolute Gasteiger partial charge is 0.294 e. The van der Waals surface area contributed by atoms with Crippen molar-refractivity contribution in [1.82, 2.24) is 0 Å². The first-order valence-corrected chi connectivity index (χ1v) is 14.3. The van der Waals surface area contributed by atoms with E-state index in [-0.39, 0.29) is 9.79 Å². The van der Waals surface area contributed by atoms with Gasteiger partial charge in [-0.2, -0.15) is 16.8 Å². The van der Waals surface area contributed by atoms with Crippen molar-refractivity contribution in [1.29, 1.82) is 0 Å². The van der Waals surface area contributed by atoms with Crippen molar-refractivity contribution >= 4 is 20.2 Å². The van der Waals surface area contributed by atoms with E-state index in [9.17, 15) is 21.4 Å². The Bertz CT molecular complexity index is 1080. The van der Waals surface area contributed by atoms with E-state index in [1.54, 1.807) is 6.07 Å². The van der Waals surface area contributed by atoms with Gasteiger partial charge in [-0.05, 0) is 60.9 Å². The molecule has 0 amide bonds. The summed E-state index contributed by atoms with van der Waals surface area (Å²) in [5, 5.41) is 0. The van der Waals surface area contributed by atoms with Crippen LogP contribution in [0.15, 0.2) is 52.3 Å². The van der Waals surface area contributed by atoms with Gasteiger partial charge in [0.15, 0.2) is 0 Å². The number of rotatable bonds is 15. The second-order valence-corrected chi connectivity index (χ2v) is 11.0. The minimum absolute atomic E-state index is 0.132. The van der Waals surface area contributed by atoms with E-state index in [1.807, 2.05) is 0 Å². The van der Waals surface area contributed by atoms with Crippen LogP contribution in [0.4, 0.5) is 0 Å². The van der Waals surface area contributed by atoms with Gasteiger partial charge in [0, 0.05) is 0 Å². The van der Waals surface area contributed by atoms with Crippen LogP contribution in [-0.4, -0.2) is 25.9 Å². The standard InChI is InChI=1S/C24H34O7S2/c1-2-3-4-5-6-7-8-9-10-11-12-20-19-22(15-18-24(20)33(28,29)30)31-21-13-16-23(17-14-21)32(25,26)27/h13-19H,2-12H2,1H3,(H,25,26,27)(H,28,29,30). The SMILES string of the molecule is CCCCCCCCCCCCc1cc(Oc2ccc(S(=O)(=O)O)cc2)ccc1S(=O)(=O)O. The van der Waals surface area contributed by atoms with Crippen molar-refractivity contribution in [3.8, 4) is 11.5 Å². The second-order valence-electron chi connectivity index (χ2n) is 8.23. The molecular weight excluding hydrogens is 464 g/mol. The minimum atomic E-state index is -4.36. The summed E-state index contributed by atoms with van der Waals surface area (Å²) in [5.74, 6) is 0.691. The molecular formula is C24H34O7S2. The lowest BCUT2D eigenvalue weighted by molar-refractivity contribution is 0.474. The van der Waals surface area contributed by atoms with Crippen LogP contribution < -0.4 is 4.74 Å². The predicted octanol–water partition coefficient (Wildman–Crippen LogP) is 6.44. The molecule has 2 N–H and O–H groups in total. The molecule has 0 bridgehead atoms. The summed E-state index contributed by atoms with van der Waals surface area (Å²) in [6.45, 7) is 2.21. The van der Waals surface area contributed by atoms with Crippen LogP contribution in [0.25, 0.3) is 0 Å². The highest BCUT2D eigenvalue weighted by Gasteiger charge is 2.16. The second kappa shape index (κ2) is 13.1. The largest absolute Gasteiger partial charge is 0.457 e. The fourth-order valence-corrected chi connectivity index (χ4v) is 4.90. The Balaban J connectivity index is 1.94. The molecule has 2 rings (SSSR count). The summed E-state index contributed by atoms with van der Waals surface area (Å²) in [5.41, 5.74) is 0.476. The van der Waals surface area contributed by atoms with Crippen LogP contribution >= 0.6 is 0 Å². The van der Waals surface area contributed by atoms with Crippen LogP contribution in [0, 0.1) is 0 Å². The molecule has 2 aromatic carbocycles. The van der Waals surface area contributed by atoms with Gasteiger partial charge in [-0.1, -0.05) is 64.7 Å². The molecule has 184 valence electrons. The van der Waals surface area contributed by atoms with Crippen LogP contribution in [0.2, 0.25) is 0 Å². The average molecular weight is 499 g/mol. The normalized spacial score (nSPS) is 12.1. The maximum Gasteiger partial charge on any atom is 0.294 e. The van der Waals surface area contributed by atoms with Crippen molar-refractivity contribution in [2.75, 3.05) is 0 Å². The van der Waals surface area contributed by atoms with Crippen LogP contribution in [0.1, 0.15) is 76.7 Å². The average Bonchev–Trinajstić information content (AvgIpc) is 2.74. The van der Waals surface area contributed by atoms with Gasteiger partial charge in [-0.15, -0.1) is 0 Å². The molecule has 0 aliphatic rings. The molecule has 0 fully saturated rings. The summed E-state index contributed by atoms with van der Waals surface area (Å²) in [4.78, 5) is -0.384. The molecule has 2 aromatic rings. The monoisotopic (exact) mass is 498 g/mol. The Morgan fingerprint density at radius 1 is 0.667 bits per heavy atom. The first-order chi connectivity index (χ1) is 15.6. The van der Waals surface area contributed by atoms with E-state index >= 15 is 0 Å². The van der Waals surface area contributed by atoms with E-state index in [2.05, 4.69) is 6.92 Å². The first kappa shape index (κ1) is 27.3. The van der Waals surface area contributed by atoms with Crippen LogP contribution in [-0.2, 0) is 26.7 Å². The van der Waals surface area contributed by atoms with Gasteiger partial charge in [0.2, 0.25) is 0 Å². The highest BCUT2D eigenvalue weighted by molar-refractivity contribution is 7.86. The lowest BCUT2D eigenvalue weighted by Crippen LogP contribution is -2.04. The number of hydrogen-bond donors (Lipinski definition) is 2. The molecule has 0 aromatic heterocycles. The molecule has 0 radical (unpaired) electrons. The molecule has 0 saturated heterocycles. The third kappa shape index (κ3) is 9.83. The molecule has 0 unspecified atom stereocenters. The molecule has 0 spiro atoms. The Hall–Kier alpha value is -1.94. The van der Waals surface area contributed by atoms with E-state index in [1.165, 1.54) is 81.3 Å². The zero-order valence-corrected chi connectivity index (χ0v) is 20.7. The third-order valence-corrected chi connectivity index (χ3v) is 7.29. The molecule has 7 nitrogen and oxygen atoms in total. The van der Waals surface area contributed by atoms with Gasteiger partial charge < -0.3 is 4.74 Å². The van der Waals surface area contributed by atoms with Gasteiger partial charge in [-0.25, -0.2) is 0 Å². The molecule has 9 heteroatoms. The summed E-state index contributed by atoms with van der Waals surface area (Å²) in [6, 6.07) is 9.52. The van der Waals surface area contributed by atoms with Crippen molar-refractivity contribution in [3.05, 3.63) is 48.0 Å². The first-order valence-electron chi connectivity index (χ1n) is 11.5. The maximum atomic E-state index is 11.8. The van der Waals surface area contributed by atoms with E-state index in [0.29, 0.717) is 23.5 Å². The topological polar surface area (TPSA) is 118 Å². The molecule has 0 aliphatic heterocycles. The molecule has 33 heavy (non-hydrogen) atoms. The Morgan fingerprint density at radius 3 is 1.70 bits per heavy atom. The highest BCUT2D eigenvalue weighted by atomic mass is 32.2. The molecule has 0 aliphatic carbocycles. The number of benzene rings is 2. The Labute approximate surface area is 197 Å². The van der Waals surface area contributed by atoms with Crippen molar-refractivity contribution in [2.45, 2.75) is 87.3 Å². The quantitative estimate of drug-likeness (QED) is 0.214. The fraction of sp³-hybridized carbons (Fsp3) is 0.500. The lowest BCUT2D eigenvalue weighted by atomic mass is 10.0. The van der Waals surface area contributed by atoms with Crippen molar-refractivity contribution in [2.24, 2.45) is 0 Å². The van der Waals surface area contributed by atoms with E-state index < -0.39 is 20.2 Å². The predicted molar refractivity (Wildman–Crippen MR) is 128 cm³/mol. The van der Waals surface area contributed by atoms with Gasteiger partial charge in [0.25, 0.3) is 20.2 Å². The van der Waals surface area contributed by atoms with Gasteiger partial charge in [0.05, 0.1) is 9.79 Å². The molecule has 0 heterocycles. The number of ether oxygens (including phenoxy) is 1. The Kier molecular flexibility index (Phi) is 10.8. The minimum Gasteiger partial charge on any atom is -0.457 e. The number of hydrogen-bond acceptors (Lipinski definition) is 5. The fourth-order valence-electron chi connectivity index (χ4n) is 3.68. The van der Waals surface area contributed by atoms with Gasteiger partial charge in [0.1, 0.15) is 11.5 Å². The van der Waals surface area contributed by atoms with Gasteiger partial charge in [-0.3, -0.25) is 9.11 Å².